The number of carboxylic acids is 2. The van der Waals surface area contributed by atoms with E-state index in [1.54, 1.807) is 55.6 Å². The van der Waals surface area contributed by atoms with Gasteiger partial charge in [0.15, 0.2) is 5.75 Å². The summed E-state index contributed by atoms with van der Waals surface area (Å²) < 4.78 is 5.28. The molecule has 0 aliphatic carbocycles. The second kappa shape index (κ2) is 9.93. The molecule has 0 amide bonds. The largest absolute Gasteiger partial charge is 0.497 e. The highest BCUT2D eigenvalue weighted by molar-refractivity contribution is 5.96. The molecule has 160 valence electrons. The van der Waals surface area contributed by atoms with Crippen LogP contribution in [0.5, 0.6) is 11.5 Å². The predicted molar refractivity (Wildman–Crippen MR) is 112 cm³/mol. The van der Waals surface area contributed by atoms with Gasteiger partial charge in [-0.2, -0.15) is 0 Å². The van der Waals surface area contributed by atoms with Crippen molar-refractivity contribution in [2.24, 2.45) is 0 Å². The average molecular weight is 414 g/mol. The molecule has 0 aliphatic rings. The first-order chi connectivity index (χ1) is 14.1. The lowest BCUT2D eigenvalue weighted by molar-refractivity contribution is -1.07. The van der Waals surface area contributed by atoms with Crippen LogP contribution in [0.15, 0.2) is 66.2 Å². The summed E-state index contributed by atoms with van der Waals surface area (Å²) in [5.41, 5.74) is 0.577. The Morgan fingerprint density at radius 1 is 1.00 bits per heavy atom. The van der Waals surface area contributed by atoms with Gasteiger partial charge in [-0.1, -0.05) is 30.3 Å². The Bertz CT molecular complexity index is 890. The highest BCUT2D eigenvalue weighted by atomic mass is 16.7. The number of carbonyl (C=O) groups is 2. The molecular formula is C23H28NO6+. The van der Waals surface area contributed by atoms with Crippen LogP contribution in [0.3, 0.4) is 0 Å². The molecule has 2 aromatic rings. The van der Waals surface area contributed by atoms with E-state index in [9.17, 15) is 19.8 Å². The Balaban J connectivity index is 2.30. The Labute approximate surface area is 176 Å². The Kier molecular flexibility index (Phi) is 7.60. The topological polar surface area (TPSA) is 93.1 Å². The van der Waals surface area contributed by atoms with E-state index >= 15 is 0 Å². The van der Waals surface area contributed by atoms with Crippen molar-refractivity contribution >= 4 is 11.9 Å². The molecule has 2 N–H and O–H groups in total. The number of benzene rings is 2. The van der Waals surface area contributed by atoms with Gasteiger partial charge in [-0.15, -0.1) is 4.65 Å². The normalized spacial score (nSPS) is 13.9. The molecule has 2 rings (SSSR count). The molecule has 0 fully saturated rings. The number of rotatable bonds is 10. The van der Waals surface area contributed by atoms with Crippen LogP contribution in [0.1, 0.15) is 24.8 Å². The molecule has 2 aromatic carbocycles. The van der Waals surface area contributed by atoms with Crippen LogP contribution < -0.4 is 9.57 Å². The molecule has 2 unspecified atom stereocenters. The minimum atomic E-state index is -1.29. The summed E-state index contributed by atoms with van der Waals surface area (Å²) in [7, 11) is 5.34. The van der Waals surface area contributed by atoms with E-state index in [2.05, 4.69) is 0 Å². The summed E-state index contributed by atoms with van der Waals surface area (Å²) in [6.45, 7) is 1.94. The minimum absolute atomic E-state index is 0.121. The van der Waals surface area contributed by atoms with Gasteiger partial charge in [0, 0.05) is 18.4 Å². The molecule has 2 atom stereocenters. The summed E-state index contributed by atoms with van der Waals surface area (Å²) in [4.78, 5) is 29.2. The number of ether oxygens (including phenoxy) is 1. The lowest BCUT2D eigenvalue weighted by Gasteiger charge is -2.35. The number of methoxy groups -OCH3 is 1. The molecule has 0 spiro atoms. The molecule has 0 aliphatic heterocycles. The van der Waals surface area contributed by atoms with Crippen LogP contribution >= 0.6 is 0 Å². The number of carboxylic acid groups (broad SMARTS) is 2. The smallest absolute Gasteiger partial charge is 0.332 e. The molecule has 0 saturated carbocycles. The predicted octanol–water partition coefficient (Wildman–Crippen LogP) is 3.72. The van der Waals surface area contributed by atoms with E-state index in [1.807, 2.05) is 27.1 Å². The summed E-state index contributed by atoms with van der Waals surface area (Å²) in [6, 6.07) is 16.1. The Morgan fingerprint density at radius 3 is 2.07 bits per heavy atom. The fraction of sp³-hybridized carbons (Fsp3) is 0.304. The molecule has 30 heavy (non-hydrogen) atoms. The number of hydrogen-bond donors (Lipinski definition) is 2. The van der Waals surface area contributed by atoms with Crippen molar-refractivity contribution in [3.63, 3.8) is 0 Å². The number of aliphatic carboxylic acids is 2. The lowest BCUT2D eigenvalue weighted by atomic mass is 9.85. The highest BCUT2D eigenvalue weighted by Gasteiger charge is 2.34. The zero-order valence-electron chi connectivity index (χ0n) is 17.6. The maximum Gasteiger partial charge on any atom is 0.332 e. The summed E-state index contributed by atoms with van der Waals surface area (Å²) in [6.07, 6.45) is 1.15. The molecular weight excluding hydrogens is 386 g/mol. The van der Waals surface area contributed by atoms with E-state index in [4.69, 9.17) is 9.57 Å². The monoisotopic (exact) mass is 414 g/mol. The van der Waals surface area contributed by atoms with Gasteiger partial charge in [0.25, 0.3) is 0 Å². The van der Waals surface area contributed by atoms with Gasteiger partial charge in [-0.05, 0) is 36.8 Å². The van der Waals surface area contributed by atoms with Gasteiger partial charge < -0.3 is 19.8 Å². The zero-order chi connectivity index (χ0) is 22.3. The Morgan fingerprint density at radius 2 is 1.57 bits per heavy atom. The summed E-state index contributed by atoms with van der Waals surface area (Å²) in [5.74, 6) is -1.78. The van der Waals surface area contributed by atoms with Gasteiger partial charge in [-0.3, -0.25) is 0 Å². The first-order valence-corrected chi connectivity index (χ1v) is 9.54. The van der Waals surface area contributed by atoms with Crippen molar-refractivity contribution in [3.8, 4) is 11.5 Å². The Hall–Kier alpha value is -3.32. The van der Waals surface area contributed by atoms with Crippen LogP contribution in [-0.2, 0) is 9.59 Å². The first kappa shape index (κ1) is 23.0. The first-order valence-electron chi connectivity index (χ1n) is 9.54. The van der Waals surface area contributed by atoms with Crippen LogP contribution in [0, 0.1) is 0 Å². The maximum atomic E-state index is 11.9. The van der Waals surface area contributed by atoms with Crippen molar-refractivity contribution < 1.29 is 34.0 Å². The number of hydrogen-bond acceptors (Lipinski definition) is 4. The molecule has 0 radical (unpaired) electrons. The van der Waals surface area contributed by atoms with Gasteiger partial charge >= 0.3 is 11.9 Å². The number of nitrogens with zero attached hydrogens (tertiary/aromatic N) is 1. The molecule has 7 nitrogen and oxygen atoms in total. The second-order valence-corrected chi connectivity index (χ2v) is 7.49. The van der Waals surface area contributed by atoms with Gasteiger partial charge in [0.1, 0.15) is 25.9 Å². The fourth-order valence-corrected chi connectivity index (χ4v) is 3.17. The third-order valence-electron chi connectivity index (χ3n) is 5.14. The highest BCUT2D eigenvalue weighted by Crippen LogP contribution is 2.32. The van der Waals surface area contributed by atoms with Crippen molar-refractivity contribution in [3.05, 3.63) is 71.8 Å². The minimum Gasteiger partial charge on any atom is -0.497 e. The third-order valence-corrected chi connectivity index (χ3v) is 5.14. The van der Waals surface area contributed by atoms with Gasteiger partial charge in [-0.25, -0.2) is 9.59 Å². The molecule has 0 aromatic heterocycles. The standard InChI is InChI=1S/C23H27NO6/c1-16(24(2,3)30-19-12-10-18(29-4)11-13-19)14-20(17-8-6-5-7-9-17)21(23(27)28)15-22(25)26/h5-13,15-16,20H,14H2,1-4H3,(H-,25,26,27,28)/p+1. The quantitative estimate of drug-likeness (QED) is 0.350. The molecule has 0 saturated heterocycles. The van der Waals surface area contributed by atoms with Crippen LogP contribution in [-0.4, -0.2) is 54.0 Å². The molecule has 0 heterocycles. The van der Waals surface area contributed by atoms with Crippen molar-refractivity contribution in [2.45, 2.75) is 25.3 Å². The van der Waals surface area contributed by atoms with E-state index in [0.29, 0.717) is 12.2 Å². The maximum absolute atomic E-state index is 11.9. The molecule has 7 heteroatoms. The van der Waals surface area contributed by atoms with Gasteiger partial charge in [0.2, 0.25) is 0 Å². The van der Waals surface area contributed by atoms with Crippen LogP contribution in [0.2, 0.25) is 0 Å². The third kappa shape index (κ3) is 6.09. The molecule has 0 bridgehead atoms. The summed E-state index contributed by atoms with van der Waals surface area (Å²) >= 11 is 0. The van der Waals surface area contributed by atoms with E-state index in [1.165, 1.54) is 0 Å². The SMILES string of the molecule is COc1ccc(O[N+](C)(C)C(C)CC(C(=CC(=O)O)C(=O)O)c2ccccc2)cc1. The van der Waals surface area contributed by atoms with Gasteiger partial charge in [0.05, 0.1) is 12.7 Å². The number of quaternary nitrogens is 1. The van der Waals surface area contributed by atoms with E-state index in [0.717, 1.165) is 17.4 Å². The number of hydroxylamine groups is 3. The van der Waals surface area contributed by atoms with Crippen LogP contribution in [0.4, 0.5) is 0 Å². The summed E-state index contributed by atoms with van der Waals surface area (Å²) in [5, 5.41) is 18.9. The average Bonchev–Trinajstić information content (AvgIpc) is 2.71. The fourth-order valence-electron chi connectivity index (χ4n) is 3.17. The van der Waals surface area contributed by atoms with Crippen LogP contribution in [0.25, 0.3) is 0 Å². The van der Waals surface area contributed by atoms with Crippen molar-refractivity contribution in [2.75, 3.05) is 21.2 Å². The zero-order valence-corrected chi connectivity index (χ0v) is 17.6. The van der Waals surface area contributed by atoms with E-state index < -0.39 is 17.9 Å². The lowest BCUT2D eigenvalue weighted by Crippen LogP contribution is -2.50. The van der Waals surface area contributed by atoms with Crippen molar-refractivity contribution in [1.29, 1.82) is 0 Å². The van der Waals surface area contributed by atoms with Crippen molar-refractivity contribution in [1.82, 2.24) is 0 Å². The van der Waals surface area contributed by atoms with E-state index in [-0.39, 0.29) is 16.3 Å². The second-order valence-electron chi connectivity index (χ2n) is 7.49.